The highest BCUT2D eigenvalue weighted by Gasteiger charge is 2.42. The lowest BCUT2D eigenvalue weighted by atomic mass is 9.68. The van der Waals surface area contributed by atoms with Crippen LogP contribution in [0.15, 0.2) is 24.3 Å². The molecule has 1 aromatic carbocycles. The van der Waals surface area contributed by atoms with Crippen LogP contribution in [0.5, 0.6) is 5.75 Å². The van der Waals surface area contributed by atoms with Crippen molar-refractivity contribution >= 4 is 0 Å². The summed E-state index contributed by atoms with van der Waals surface area (Å²) in [6.07, 6.45) is 3.31. The Balaban J connectivity index is 1.48. The highest BCUT2D eigenvalue weighted by Crippen LogP contribution is 2.44. The van der Waals surface area contributed by atoms with Crippen LogP contribution >= 0.6 is 0 Å². The number of benzene rings is 1. The lowest BCUT2D eigenvalue weighted by molar-refractivity contribution is -0.236. The normalized spacial score (nSPS) is 30.7. The summed E-state index contributed by atoms with van der Waals surface area (Å²) >= 11 is 0. The Hall–Kier alpha value is -1.26. The molecule has 2 saturated carbocycles. The third-order valence-corrected chi connectivity index (χ3v) is 6.76. The molecule has 0 spiro atoms. The molecule has 0 radical (unpaired) electrons. The fourth-order valence-corrected chi connectivity index (χ4v) is 5.00. The van der Waals surface area contributed by atoms with E-state index >= 15 is 0 Å². The van der Waals surface area contributed by atoms with Crippen molar-refractivity contribution in [2.24, 2.45) is 17.8 Å². The predicted molar refractivity (Wildman–Crippen MR) is 98.5 cm³/mol. The van der Waals surface area contributed by atoms with Gasteiger partial charge >= 0.3 is 12.5 Å². The molecule has 2 aliphatic rings. The second kappa shape index (κ2) is 8.83. The number of alkyl halides is 4. The molecule has 152 valence electrons. The van der Waals surface area contributed by atoms with E-state index in [-0.39, 0.29) is 5.75 Å². The van der Waals surface area contributed by atoms with Gasteiger partial charge in [0.2, 0.25) is 0 Å². The molecule has 3 rings (SSSR count). The van der Waals surface area contributed by atoms with Gasteiger partial charge in [-0.05, 0) is 79.9 Å². The molecule has 0 aliphatic heterocycles. The Bertz CT molecular complexity index is 567. The van der Waals surface area contributed by atoms with E-state index in [1.807, 2.05) is 0 Å². The second-order valence-electron chi connectivity index (χ2n) is 8.35. The summed E-state index contributed by atoms with van der Waals surface area (Å²) in [5.74, 6) is 3.02. The first-order chi connectivity index (χ1) is 12.9. The Morgan fingerprint density at radius 2 is 1.41 bits per heavy atom. The Morgan fingerprint density at radius 1 is 0.889 bits per heavy atom. The molecule has 2 fully saturated rings. The largest absolute Gasteiger partial charge is 0.457 e. The van der Waals surface area contributed by atoms with Gasteiger partial charge < -0.3 is 4.74 Å². The van der Waals surface area contributed by atoms with Crippen LogP contribution in [0.25, 0.3) is 0 Å². The molecule has 0 saturated heterocycles. The highest BCUT2D eigenvalue weighted by molar-refractivity contribution is 5.30. The third-order valence-electron chi connectivity index (χ3n) is 6.76. The number of ether oxygens (including phenoxy) is 1. The molecule has 0 aromatic heterocycles. The molecule has 1 nitrogen and oxygen atoms in total. The van der Waals surface area contributed by atoms with E-state index in [1.165, 1.54) is 57.1 Å². The van der Waals surface area contributed by atoms with Crippen LogP contribution in [0.2, 0.25) is 0 Å². The van der Waals surface area contributed by atoms with Crippen LogP contribution in [-0.4, -0.2) is 12.5 Å². The molecular formula is C22H30F4O. The average Bonchev–Trinajstić information content (AvgIpc) is 2.68. The van der Waals surface area contributed by atoms with E-state index in [9.17, 15) is 17.6 Å². The zero-order valence-electron chi connectivity index (χ0n) is 16.0. The smallest absolute Gasteiger partial charge is 0.452 e. The second-order valence-corrected chi connectivity index (χ2v) is 8.35. The Labute approximate surface area is 159 Å². The van der Waals surface area contributed by atoms with Gasteiger partial charge in [-0.15, -0.1) is 0 Å². The standard InChI is InChI=1S/C22H30F4O/c1-2-15-3-5-16(6-4-15)17-7-9-18(10-8-17)19-11-13-20(14-12-19)27-21(23)22(24,25)26/h11-18,21H,2-10H2,1H3/t15-,16-,17-,18-,21?. The molecule has 0 N–H and O–H groups in total. The highest BCUT2D eigenvalue weighted by atomic mass is 19.4. The topological polar surface area (TPSA) is 9.23 Å². The van der Waals surface area contributed by atoms with E-state index in [0.29, 0.717) is 5.92 Å². The summed E-state index contributed by atoms with van der Waals surface area (Å²) in [6.45, 7) is 2.30. The van der Waals surface area contributed by atoms with E-state index in [0.717, 1.165) is 36.2 Å². The van der Waals surface area contributed by atoms with Crippen molar-refractivity contribution in [3.8, 4) is 5.75 Å². The first kappa shape index (κ1) is 20.5. The van der Waals surface area contributed by atoms with Crippen LogP contribution < -0.4 is 4.74 Å². The molecule has 0 amide bonds. The first-order valence-electron chi connectivity index (χ1n) is 10.3. The summed E-state index contributed by atoms with van der Waals surface area (Å²) < 4.78 is 54.0. The van der Waals surface area contributed by atoms with Gasteiger partial charge in [0.05, 0.1) is 0 Å². The van der Waals surface area contributed by atoms with Crippen molar-refractivity contribution in [3.05, 3.63) is 29.8 Å². The molecule has 5 heteroatoms. The number of hydrogen-bond acceptors (Lipinski definition) is 1. The van der Waals surface area contributed by atoms with Gasteiger partial charge in [-0.3, -0.25) is 0 Å². The fourth-order valence-electron chi connectivity index (χ4n) is 5.00. The lowest BCUT2D eigenvalue weighted by Crippen LogP contribution is -2.29. The quantitative estimate of drug-likeness (QED) is 0.479. The summed E-state index contributed by atoms with van der Waals surface area (Å²) in [6, 6.07) is 6.48. The van der Waals surface area contributed by atoms with Crippen LogP contribution in [0, 0.1) is 17.8 Å². The van der Waals surface area contributed by atoms with E-state index in [2.05, 4.69) is 11.7 Å². The minimum atomic E-state index is -4.99. The summed E-state index contributed by atoms with van der Waals surface area (Å²) in [5.41, 5.74) is 1.12. The van der Waals surface area contributed by atoms with Crippen LogP contribution in [0.3, 0.4) is 0 Å². The maximum Gasteiger partial charge on any atom is 0.457 e. The molecule has 0 bridgehead atoms. The molecule has 1 atom stereocenters. The number of hydrogen-bond donors (Lipinski definition) is 0. The van der Waals surface area contributed by atoms with Crippen LogP contribution in [-0.2, 0) is 0 Å². The molecule has 2 aliphatic carbocycles. The Kier molecular flexibility index (Phi) is 6.69. The van der Waals surface area contributed by atoms with E-state index in [1.54, 1.807) is 12.1 Å². The van der Waals surface area contributed by atoms with Crippen molar-refractivity contribution in [2.75, 3.05) is 0 Å². The number of halogens is 4. The van der Waals surface area contributed by atoms with Crippen molar-refractivity contribution in [1.29, 1.82) is 0 Å². The Morgan fingerprint density at radius 3 is 1.89 bits per heavy atom. The van der Waals surface area contributed by atoms with Gasteiger partial charge in [0.25, 0.3) is 0 Å². The molecule has 1 unspecified atom stereocenters. The van der Waals surface area contributed by atoms with Gasteiger partial charge in [0.1, 0.15) is 5.75 Å². The van der Waals surface area contributed by atoms with Gasteiger partial charge in [0.15, 0.2) is 0 Å². The minimum absolute atomic E-state index is 0.0788. The van der Waals surface area contributed by atoms with E-state index in [4.69, 9.17) is 0 Å². The third kappa shape index (κ3) is 5.39. The monoisotopic (exact) mass is 386 g/mol. The van der Waals surface area contributed by atoms with Gasteiger partial charge in [-0.2, -0.15) is 17.6 Å². The maximum atomic E-state index is 13.0. The molecule has 0 heterocycles. The van der Waals surface area contributed by atoms with E-state index < -0.39 is 12.5 Å². The first-order valence-corrected chi connectivity index (χ1v) is 10.3. The fraction of sp³-hybridized carbons (Fsp3) is 0.727. The number of rotatable bonds is 5. The predicted octanol–water partition coefficient (Wildman–Crippen LogP) is 7.41. The van der Waals surface area contributed by atoms with Gasteiger partial charge in [-0.1, -0.05) is 38.3 Å². The van der Waals surface area contributed by atoms with Crippen LogP contribution in [0.4, 0.5) is 17.6 Å². The van der Waals surface area contributed by atoms with Crippen molar-refractivity contribution in [3.63, 3.8) is 0 Å². The summed E-state index contributed by atoms with van der Waals surface area (Å²) in [5, 5.41) is 0. The van der Waals surface area contributed by atoms with Gasteiger partial charge in [-0.25, -0.2) is 0 Å². The maximum absolute atomic E-state index is 13.0. The van der Waals surface area contributed by atoms with Crippen molar-refractivity contribution in [1.82, 2.24) is 0 Å². The minimum Gasteiger partial charge on any atom is -0.452 e. The van der Waals surface area contributed by atoms with Crippen LogP contribution in [0.1, 0.15) is 76.2 Å². The zero-order chi connectivity index (χ0) is 19.4. The molecule has 1 aromatic rings. The van der Waals surface area contributed by atoms with Crippen molar-refractivity contribution in [2.45, 2.75) is 83.2 Å². The molecular weight excluding hydrogens is 356 g/mol. The summed E-state index contributed by atoms with van der Waals surface area (Å²) in [7, 11) is 0. The van der Waals surface area contributed by atoms with Gasteiger partial charge in [0, 0.05) is 0 Å². The average molecular weight is 386 g/mol. The SMILES string of the molecule is CC[C@H]1CC[C@H]([C@H]2CC[C@H](c3ccc(OC(F)C(F)(F)F)cc3)CC2)CC1. The zero-order valence-corrected chi connectivity index (χ0v) is 16.0. The summed E-state index contributed by atoms with van der Waals surface area (Å²) in [4.78, 5) is 0. The lowest BCUT2D eigenvalue weighted by Gasteiger charge is -2.38. The molecule has 27 heavy (non-hydrogen) atoms. The van der Waals surface area contributed by atoms with Crippen molar-refractivity contribution < 1.29 is 22.3 Å².